The molecule has 0 aliphatic carbocycles. The van der Waals surface area contributed by atoms with Gasteiger partial charge in [0.15, 0.2) is 0 Å². The molecule has 0 atom stereocenters. The van der Waals surface area contributed by atoms with Crippen LogP contribution in [0.3, 0.4) is 0 Å². The third-order valence-electron chi connectivity index (χ3n) is 3.23. The molecule has 0 spiro atoms. The molecular weight excluding hydrogens is 375 g/mol. The van der Waals surface area contributed by atoms with E-state index in [0.717, 1.165) is 0 Å². The van der Waals surface area contributed by atoms with Gasteiger partial charge in [0.05, 0.1) is 26.3 Å². The van der Waals surface area contributed by atoms with Crippen molar-refractivity contribution in [3.63, 3.8) is 0 Å². The van der Waals surface area contributed by atoms with Crippen molar-refractivity contribution in [1.29, 1.82) is 0 Å². The van der Waals surface area contributed by atoms with E-state index in [1.165, 1.54) is 42.5 Å². The van der Waals surface area contributed by atoms with Crippen molar-refractivity contribution in [2.75, 3.05) is 10.5 Å². The summed E-state index contributed by atoms with van der Waals surface area (Å²) in [5.41, 5.74) is 5.75. The lowest BCUT2D eigenvalue weighted by Gasteiger charge is -2.11. The largest absolute Gasteiger partial charge is 0.423 e. The van der Waals surface area contributed by atoms with Gasteiger partial charge in [-0.05, 0) is 36.4 Å². The minimum atomic E-state index is -3.89. The average molecular weight is 385 g/mol. The lowest BCUT2D eigenvalue weighted by molar-refractivity contribution is 0.560. The Morgan fingerprint density at radius 2 is 1.67 bits per heavy atom. The molecule has 9 heteroatoms. The van der Waals surface area contributed by atoms with E-state index >= 15 is 0 Å². The van der Waals surface area contributed by atoms with Crippen LogP contribution in [-0.2, 0) is 10.0 Å². The highest BCUT2D eigenvalue weighted by atomic mass is 35.5. The summed E-state index contributed by atoms with van der Waals surface area (Å²) < 4.78 is 32.3. The van der Waals surface area contributed by atoms with E-state index < -0.39 is 15.6 Å². The molecule has 1 aromatic heterocycles. The topological polar surface area (TPSA) is 102 Å². The Kier molecular flexibility index (Phi) is 4.16. The minimum absolute atomic E-state index is 0.00656. The van der Waals surface area contributed by atoms with Crippen LogP contribution in [0.1, 0.15) is 0 Å². The summed E-state index contributed by atoms with van der Waals surface area (Å²) in [6.45, 7) is 0. The van der Waals surface area contributed by atoms with E-state index in [1.807, 2.05) is 0 Å². The van der Waals surface area contributed by atoms with Crippen molar-refractivity contribution in [3.05, 3.63) is 62.9 Å². The second-order valence-electron chi connectivity index (χ2n) is 4.91. The number of halogens is 2. The second-order valence-corrected chi connectivity index (χ2v) is 7.41. The molecule has 0 aliphatic rings. The molecule has 0 saturated heterocycles. The molecule has 6 nitrogen and oxygen atoms in total. The van der Waals surface area contributed by atoms with E-state index in [1.54, 1.807) is 0 Å². The lowest BCUT2D eigenvalue weighted by Crippen LogP contribution is -2.13. The first-order valence-electron chi connectivity index (χ1n) is 6.57. The smallest absolute Gasteiger partial charge is 0.336 e. The molecule has 0 radical (unpaired) electrons. The van der Waals surface area contributed by atoms with Crippen molar-refractivity contribution < 1.29 is 12.8 Å². The third-order valence-corrected chi connectivity index (χ3v) is 5.24. The molecule has 3 rings (SSSR count). The number of sulfonamides is 1. The van der Waals surface area contributed by atoms with E-state index in [2.05, 4.69) is 4.72 Å². The molecule has 24 heavy (non-hydrogen) atoms. The maximum atomic E-state index is 12.5. The summed E-state index contributed by atoms with van der Waals surface area (Å²) >= 11 is 11.8. The molecule has 0 saturated carbocycles. The van der Waals surface area contributed by atoms with Gasteiger partial charge in [-0.15, -0.1) is 0 Å². The number of rotatable bonds is 3. The zero-order valence-electron chi connectivity index (χ0n) is 11.9. The number of nitrogen functional groups attached to an aromatic ring is 1. The van der Waals surface area contributed by atoms with E-state index in [4.69, 9.17) is 33.4 Å². The molecule has 0 bridgehead atoms. The Labute approximate surface area is 146 Å². The van der Waals surface area contributed by atoms with Crippen molar-refractivity contribution in [2.45, 2.75) is 4.90 Å². The number of fused-ring (bicyclic) bond motifs is 1. The molecule has 124 valence electrons. The highest BCUT2D eigenvalue weighted by molar-refractivity contribution is 7.92. The summed E-state index contributed by atoms with van der Waals surface area (Å²) in [5.74, 6) is 0. The summed E-state index contributed by atoms with van der Waals surface area (Å²) in [6, 6.07) is 9.55. The lowest BCUT2D eigenvalue weighted by atomic mass is 10.2. The van der Waals surface area contributed by atoms with Gasteiger partial charge in [-0.25, -0.2) is 13.2 Å². The van der Waals surface area contributed by atoms with Gasteiger partial charge in [0.1, 0.15) is 5.58 Å². The molecule has 1 heterocycles. The molecule has 3 N–H and O–H groups in total. The van der Waals surface area contributed by atoms with Crippen LogP contribution in [0.5, 0.6) is 0 Å². The fourth-order valence-corrected chi connectivity index (χ4v) is 3.64. The van der Waals surface area contributed by atoms with Crippen molar-refractivity contribution >= 4 is 55.6 Å². The van der Waals surface area contributed by atoms with Crippen LogP contribution in [0.25, 0.3) is 11.0 Å². The zero-order valence-corrected chi connectivity index (χ0v) is 14.2. The first-order chi connectivity index (χ1) is 11.3. The van der Waals surface area contributed by atoms with Crippen LogP contribution in [0, 0.1) is 0 Å². The van der Waals surface area contributed by atoms with Gasteiger partial charge in [0.2, 0.25) is 0 Å². The zero-order chi connectivity index (χ0) is 17.5. The molecule has 0 amide bonds. The highest BCUT2D eigenvalue weighted by Gasteiger charge is 2.16. The first kappa shape index (κ1) is 16.6. The molecule has 0 unspecified atom stereocenters. The first-order valence-corrected chi connectivity index (χ1v) is 8.81. The van der Waals surface area contributed by atoms with E-state index in [-0.39, 0.29) is 26.3 Å². The van der Waals surface area contributed by atoms with Gasteiger partial charge in [-0.2, -0.15) is 0 Å². The van der Waals surface area contributed by atoms with Crippen LogP contribution >= 0.6 is 23.2 Å². The van der Waals surface area contributed by atoms with Crippen molar-refractivity contribution in [1.82, 2.24) is 0 Å². The van der Waals surface area contributed by atoms with Gasteiger partial charge in [-0.1, -0.05) is 23.2 Å². The predicted octanol–water partition coefficient (Wildman–Crippen LogP) is 3.48. The third kappa shape index (κ3) is 3.19. The number of benzene rings is 2. The van der Waals surface area contributed by atoms with Gasteiger partial charge >= 0.3 is 5.63 Å². The summed E-state index contributed by atoms with van der Waals surface area (Å²) in [4.78, 5) is 11.2. The van der Waals surface area contributed by atoms with Crippen LogP contribution < -0.4 is 16.1 Å². The summed E-state index contributed by atoms with van der Waals surface area (Å²) in [6.07, 6.45) is 0. The van der Waals surface area contributed by atoms with Crippen LogP contribution in [-0.4, -0.2) is 8.42 Å². The second kappa shape index (κ2) is 6.01. The number of anilines is 2. The van der Waals surface area contributed by atoms with Crippen LogP contribution in [0.4, 0.5) is 11.4 Å². The standard InChI is InChI=1S/C15H10Cl2N2O4S/c16-11-6-9(7-12(17)15(11)18)19-24(21,22)10-2-3-13-8(5-10)1-4-14(20)23-13/h1-7,19H,18H2. The SMILES string of the molecule is Nc1c(Cl)cc(NS(=O)(=O)c2ccc3oc(=O)ccc3c2)cc1Cl. The Bertz CT molecular complexity index is 1090. The number of nitrogens with two attached hydrogens (primary N) is 1. The number of nitrogens with one attached hydrogen (secondary N) is 1. The van der Waals surface area contributed by atoms with Crippen LogP contribution in [0.15, 0.2) is 56.6 Å². The Morgan fingerprint density at radius 1 is 1.00 bits per heavy atom. The maximum absolute atomic E-state index is 12.5. The Hall–Kier alpha value is -2.22. The van der Waals surface area contributed by atoms with Gasteiger partial charge < -0.3 is 10.2 Å². The molecule has 2 aromatic carbocycles. The molecule has 0 aliphatic heterocycles. The van der Waals surface area contributed by atoms with Crippen molar-refractivity contribution in [3.8, 4) is 0 Å². The van der Waals surface area contributed by atoms with Gasteiger partial charge in [0, 0.05) is 11.5 Å². The molecule has 0 fully saturated rings. The Balaban J connectivity index is 2.01. The number of hydrogen-bond donors (Lipinski definition) is 2. The molecule has 3 aromatic rings. The summed E-state index contributed by atoms with van der Waals surface area (Å²) in [7, 11) is -3.89. The highest BCUT2D eigenvalue weighted by Crippen LogP contribution is 2.32. The quantitative estimate of drug-likeness (QED) is 0.531. The van der Waals surface area contributed by atoms with E-state index in [9.17, 15) is 13.2 Å². The maximum Gasteiger partial charge on any atom is 0.336 e. The van der Waals surface area contributed by atoms with E-state index in [0.29, 0.717) is 11.0 Å². The Morgan fingerprint density at radius 3 is 2.33 bits per heavy atom. The summed E-state index contributed by atoms with van der Waals surface area (Å²) in [5, 5.41) is 0.756. The predicted molar refractivity (Wildman–Crippen MR) is 94.2 cm³/mol. The minimum Gasteiger partial charge on any atom is -0.423 e. The van der Waals surface area contributed by atoms with Crippen molar-refractivity contribution in [2.24, 2.45) is 0 Å². The molecular formula is C15H10Cl2N2O4S. The average Bonchev–Trinajstić information content (AvgIpc) is 2.51. The fourth-order valence-electron chi connectivity index (χ4n) is 2.07. The monoisotopic (exact) mass is 384 g/mol. The van der Waals surface area contributed by atoms with Crippen LogP contribution in [0.2, 0.25) is 10.0 Å². The normalized spacial score (nSPS) is 11.6. The fraction of sp³-hybridized carbons (Fsp3) is 0. The van der Waals surface area contributed by atoms with Gasteiger partial charge in [-0.3, -0.25) is 4.72 Å². The number of hydrogen-bond acceptors (Lipinski definition) is 5. The van der Waals surface area contributed by atoms with Gasteiger partial charge in [0.25, 0.3) is 10.0 Å².